The number of hydrogen-bond donors (Lipinski definition) is 0. The lowest BCUT2D eigenvalue weighted by Gasteiger charge is -2.21. The number of thiazole rings is 1. The van der Waals surface area contributed by atoms with Crippen molar-refractivity contribution >= 4 is 43.5 Å². The van der Waals surface area contributed by atoms with E-state index in [1.54, 1.807) is 16.7 Å². The van der Waals surface area contributed by atoms with E-state index in [1.165, 1.54) is 61.2 Å². The molecule has 11 nitrogen and oxygen atoms in total. The molecule has 1 aromatic heterocycles. The average Bonchev–Trinajstić information content (AvgIpc) is 3.24. The third kappa shape index (κ3) is 7.05. The van der Waals surface area contributed by atoms with E-state index in [0.717, 1.165) is 4.70 Å². The third-order valence-electron chi connectivity index (χ3n) is 5.51. The zero-order valence-corrected chi connectivity index (χ0v) is 23.3. The minimum Gasteiger partial charge on any atom is -0.494 e. The highest BCUT2D eigenvalue weighted by Gasteiger charge is 2.24. The Bertz CT molecular complexity index is 1420. The fourth-order valence-corrected chi connectivity index (χ4v) is 6.01. The van der Waals surface area contributed by atoms with E-state index >= 15 is 0 Å². The molecule has 2 aromatic carbocycles. The van der Waals surface area contributed by atoms with Gasteiger partial charge < -0.3 is 23.5 Å². The second-order valence-corrected chi connectivity index (χ2v) is 10.9. The fourth-order valence-electron chi connectivity index (χ4n) is 3.55. The SMILES string of the molecule is CCOc1ccc2c(c1)sc(=NC(=O)c1ccc(S(=O)(=O)N(CCOC)CCOC)cc1)n2CC(=O)OC. The lowest BCUT2D eigenvalue weighted by molar-refractivity contribution is -0.141. The molecular weight excluding hydrogens is 534 g/mol. The van der Waals surface area contributed by atoms with Crippen LogP contribution >= 0.6 is 11.3 Å². The molecule has 0 aliphatic heterocycles. The lowest BCUT2D eigenvalue weighted by Crippen LogP contribution is -2.36. The van der Waals surface area contributed by atoms with Crippen LogP contribution in [0.25, 0.3) is 10.2 Å². The summed E-state index contributed by atoms with van der Waals surface area (Å²) in [7, 11) is 0.444. The zero-order valence-electron chi connectivity index (χ0n) is 21.7. The van der Waals surface area contributed by atoms with Crippen molar-refractivity contribution in [2.75, 3.05) is 54.2 Å². The van der Waals surface area contributed by atoms with Gasteiger partial charge in [-0.2, -0.15) is 9.30 Å². The van der Waals surface area contributed by atoms with Gasteiger partial charge in [-0.25, -0.2) is 8.42 Å². The van der Waals surface area contributed by atoms with Gasteiger partial charge in [0, 0.05) is 32.9 Å². The number of carbonyl (C=O) groups is 2. The maximum Gasteiger partial charge on any atom is 0.325 e. The van der Waals surface area contributed by atoms with Crippen molar-refractivity contribution in [1.82, 2.24) is 8.87 Å². The van der Waals surface area contributed by atoms with Crippen LogP contribution < -0.4 is 9.54 Å². The van der Waals surface area contributed by atoms with Crippen LogP contribution in [0.4, 0.5) is 0 Å². The first-order valence-corrected chi connectivity index (χ1v) is 14.0. The first-order chi connectivity index (χ1) is 18.2. The zero-order chi connectivity index (χ0) is 27.7. The molecule has 0 saturated heterocycles. The van der Waals surface area contributed by atoms with E-state index < -0.39 is 21.9 Å². The number of carbonyl (C=O) groups excluding carboxylic acids is 2. The van der Waals surface area contributed by atoms with Gasteiger partial charge in [-0.1, -0.05) is 11.3 Å². The summed E-state index contributed by atoms with van der Waals surface area (Å²) in [5.74, 6) is -0.417. The van der Waals surface area contributed by atoms with Crippen LogP contribution in [0.15, 0.2) is 52.4 Å². The lowest BCUT2D eigenvalue weighted by atomic mass is 10.2. The summed E-state index contributed by atoms with van der Waals surface area (Å²) in [5, 5.41) is 0. The maximum atomic E-state index is 13.1. The number of hydrogen-bond acceptors (Lipinski definition) is 9. The van der Waals surface area contributed by atoms with Gasteiger partial charge in [0.2, 0.25) is 10.0 Å². The minimum absolute atomic E-state index is 0.0346. The largest absolute Gasteiger partial charge is 0.494 e. The summed E-state index contributed by atoms with van der Waals surface area (Å²) in [6.07, 6.45) is 0. The summed E-state index contributed by atoms with van der Waals surface area (Å²) in [5.41, 5.74) is 0.894. The highest BCUT2D eigenvalue weighted by atomic mass is 32.2. The van der Waals surface area contributed by atoms with Crippen molar-refractivity contribution in [3.8, 4) is 5.75 Å². The summed E-state index contributed by atoms with van der Waals surface area (Å²) < 4.78 is 50.3. The summed E-state index contributed by atoms with van der Waals surface area (Å²) >= 11 is 1.23. The van der Waals surface area contributed by atoms with Gasteiger partial charge in [0.05, 0.1) is 42.0 Å². The Morgan fingerprint density at radius 3 is 2.24 bits per heavy atom. The molecule has 0 aliphatic rings. The van der Waals surface area contributed by atoms with Crippen molar-refractivity contribution in [2.24, 2.45) is 4.99 Å². The van der Waals surface area contributed by atoms with Gasteiger partial charge in [0.1, 0.15) is 12.3 Å². The van der Waals surface area contributed by atoms with Crippen molar-refractivity contribution in [2.45, 2.75) is 18.4 Å². The van der Waals surface area contributed by atoms with E-state index in [4.69, 9.17) is 18.9 Å². The number of benzene rings is 2. The van der Waals surface area contributed by atoms with Gasteiger partial charge in [-0.3, -0.25) is 9.59 Å². The van der Waals surface area contributed by atoms with E-state index in [-0.39, 0.29) is 43.3 Å². The number of aromatic nitrogens is 1. The van der Waals surface area contributed by atoms with Gasteiger partial charge in [0.15, 0.2) is 4.80 Å². The number of fused-ring (bicyclic) bond motifs is 1. The summed E-state index contributed by atoms with van der Waals surface area (Å²) in [6, 6.07) is 10.9. The van der Waals surface area contributed by atoms with Gasteiger partial charge in [-0.05, 0) is 49.4 Å². The molecule has 206 valence electrons. The molecule has 0 unspecified atom stereocenters. The molecule has 0 bridgehead atoms. The highest BCUT2D eigenvalue weighted by Crippen LogP contribution is 2.24. The Hall–Kier alpha value is -3.10. The molecule has 3 aromatic rings. The Labute approximate surface area is 225 Å². The predicted octanol–water partition coefficient (Wildman–Crippen LogP) is 2.30. The Morgan fingerprint density at radius 2 is 1.66 bits per heavy atom. The Morgan fingerprint density at radius 1 is 1.00 bits per heavy atom. The highest BCUT2D eigenvalue weighted by molar-refractivity contribution is 7.89. The predicted molar refractivity (Wildman–Crippen MR) is 142 cm³/mol. The molecule has 0 saturated carbocycles. The smallest absolute Gasteiger partial charge is 0.325 e. The molecule has 3 rings (SSSR count). The first-order valence-electron chi connectivity index (χ1n) is 11.7. The molecule has 13 heteroatoms. The number of methoxy groups -OCH3 is 3. The van der Waals surface area contributed by atoms with E-state index in [2.05, 4.69) is 4.99 Å². The average molecular weight is 566 g/mol. The van der Waals surface area contributed by atoms with E-state index in [9.17, 15) is 18.0 Å². The van der Waals surface area contributed by atoms with E-state index in [1.807, 2.05) is 13.0 Å². The maximum absolute atomic E-state index is 13.1. The van der Waals surface area contributed by atoms with Crippen molar-refractivity contribution in [3.05, 3.63) is 52.8 Å². The molecule has 0 spiro atoms. The summed E-state index contributed by atoms with van der Waals surface area (Å²) in [4.78, 5) is 29.7. The third-order valence-corrected chi connectivity index (χ3v) is 8.46. The number of sulfonamides is 1. The molecule has 0 atom stereocenters. The van der Waals surface area contributed by atoms with Crippen LogP contribution in [-0.2, 0) is 35.6 Å². The topological polar surface area (TPSA) is 126 Å². The van der Waals surface area contributed by atoms with Gasteiger partial charge in [0.25, 0.3) is 5.91 Å². The number of nitrogens with zero attached hydrogens (tertiary/aromatic N) is 3. The van der Waals surface area contributed by atoms with Crippen LogP contribution in [0.1, 0.15) is 17.3 Å². The number of rotatable bonds is 13. The van der Waals surface area contributed by atoms with Crippen LogP contribution in [-0.4, -0.2) is 83.4 Å². The van der Waals surface area contributed by atoms with Crippen molar-refractivity contribution in [3.63, 3.8) is 0 Å². The molecule has 0 N–H and O–H groups in total. The number of esters is 1. The second kappa shape index (κ2) is 13.6. The van der Waals surface area contributed by atoms with E-state index in [0.29, 0.717) is 22.7 Å². The minimum atomic E-state index is -3.83. The van der Waals surface area contributed by atoms with Crippen molar-refractivity contribution in [1.29, 1.82) is 0 Å². The molecule has 0 fully saturated rings. The quantitative estimate of drug-likeness (QED) is 0.289. The Balaban J connectivity index is 1.95. The molecule has 38 heavy (non-hydrogen) atoms. The first kappa shape index (κ1) is 29.5. The molecular formula is C25H31N3O8S2. The molecule has 0 aliphatic carbocycles. The van der Waals surface area contributed by atoms with Crippen LogP contribution in [0.3, 0.4) is 0 Å². The van der Waals surface area contributed by atoms with Gasteiger partial charge >= 0.3 is 5.97 Å². The molecule has 1 amide bonds. The number of ether oxygens (including phenoxy) is 4. The standard InChI is InChI=1S/C25H31N3O8S2/c1-5-36-19-8-11-21-22(16-19)37-25(28(21)17-23(29)35-4)26-24(30)18-6-9-20(10-7-18)38(31,32)27(12-14-33-2)13-15-34-3/h6-11,16H,5,12-15,17H2,1-4H3. The monoisotopic (exact) mass is 565 g/mol. The second-order valence-electron chi connectivity index (χ2n) is 7.94. The van der Waals surface area contributed by atoms with Gasteiger partial charge in [-0.15, -0.1) is 0 Å². The molecule has 1 heterocycles. The summed E-state index contributed by atoms with van der Waals surface area (Å²) in [6.45, 7) is 3.02. The molecule has 0 radical (unpaired) electrons. The van der Waals surface area contributed by atoms with Crippen molar-refractivity contribution < 1.29 is 37.0 Å². The van der Waals surface area contributed by atoms with Crippen LogP contribution in [0.2, 0.25) is 0 Å². The van der Waals surface area contributed by atoms with Crippen LogP contribution in [0.5, 0.6) is 5.75 Å². The number of amides is 1. The Kier molecular flexibility index (Phi) is 10.6. The normalized spacial score (nSPS) is 12.3. The van der Waals surface area contributed by atoms with Crippen LogP contribution in [0, 0.1) is 0 Å². The fraction of sp³-hybridized carbons (Fsp3) is 0.400.